The number of rotatable bonds is 5. The van der Waals surface area contributed by atoms with Gasteiger partial charge in [0.15, 0.2) is 0 Å². The summed E-state index contributed by atoms with van der Waals surface area (Å²) in [5, 5.41) is 1.08. The number of hydrogen-bond acceptors (Lipinski definition) is 3. The van der Waals surface area contributed by atoms with Gasteiger partial charge in [-0.2, -0.15) is 0 Å². The molecule has 2 nitrogen and oxygen atoms in total. The van der Waals surface area contributed by atoms with E-state index in [1.165, 1.54) is 28.8 Å². The molecule has 0 aliphatic heterocycles. The summed E-state index contributed by atoms with van der Waals surface area (Å²) in [6.45, 7) is 4.82. The fourth-order valence-electron chi connectivity index (χ4n) is 2.04. The highest BCUT2D eigenvalue weighted by Gasteiger charge is 2.09. The number of hydrogen-bond donors (Lipinski definition) is 1. The van der Waals surface area contributed by atoms with E-state index >= 15 is 0 Å². The van der Waals surface area contributed by atoms with Gasteiger partial charge in [0.25, 0.3) is 0 Å². The molecule has 96 valence electrons. The molecular formula is C15H20N2S. The van der Waals surface area contributed by atoms with Crippen LogP contribution >= 0.6 is 11.3 Å². The number of thiazole rings is 1. The zero-order valence-electron chi connectivity index (χ0n) is 11.1. The van der Waals surface area contributed by atoms with Crippen molar-refractivity contribution in [1.82, 2.24) is 4.98 Å². The van der Waals surface area contributed by atoms with E-state index in [4.69, 9.17) is 5.73 Å². The Labute approximate surface area is 113 Å². The quantitative estimate of drug-likeness (QED) is 0.885. The number of benzene rings is 1. The van der Waals surface area contributed by atoms with Gasteiger partial charge in [0.1, 0.15) is 0 Å². The first kappa shape index (κ1) is 13.2. The third-order valence-electron chi connectivity index (χ3n) is 3.04. The highest BCUT2D eigenvalue weighted by Crippen LogP contribution is 2.27. The Morgan fingerprint density at radius 1 is 1.22 bits per heavy atom. The van der Waals surface area contributed by atoms with Crippen molar-refractivity contribution >= 4 is 11.3 Å². The van der Waals surface area contributed by atoms with Crippen molar-refractivity contribution in [2.24, 2.45) is 5.73 Å². The second-order valence-corrected chi connectivity index (χ2v) is 5.80. The van der Waals surface area contributed by atoms with Gasteiger partial charge in [-0.3, -0.25) is 0 Å². The maximum absolute atomic E-state index is 5.77. The lowest BCUT2D eigenvalue weighted by Crippen LogP contribution is -1.95. The van der Waals surface area contributed by atoms with Crippen LogP contribution in [0, 0.1) is 6.92 Å². The number of unbranched alkanes of at least 4 members (excludes halogenated alkanes) is 1. The number of aryl methyl sites for hydroxylation is 2. The Morgan fingerprint density at radius 3 is 2.56 bits per heavy atom. The van der Waals surface area contributed by atoms with Crippen LogP contribution in [0.15, 0.2) is 24.3 Å². The molecule has 0 saturated heterocycles. The second kappa shape index (κ2) is 6.12. The third kappa shape index (κ3) is 2.98. The van der Waals surface area contributed by atoms with Crippen LogP contribution in [-0.2, 0) is 13.0 Å². The van der Waals surface area contributed by atoms with Crippen LogP contribution < -0.4 is 5.73 Å². The van der Waals surface area contributed by atoms with E-state index in [9.17, 15) is 0 Å². The van der Waals surface area contributed by atoms with E-state index in [0.29, 0.717) is 6.54 Å². The minimum absolute atomic E-state index is 0.568. The zero-order valence-corrected chi connectivity index (χ0v) is 11.9. The Bertz CT molecular complexity index is 500. The standard InChI is InChI=1S/C15H20N2S/c1-3-4-5-12-6-8-13(9-7-12)15-14(10-16)18-11(2)17-15/h6-9H,3-5,10,16H2,1-2H3. The van der Waals surface area contributed by atoms with Gasteiger partial charge >= 0.3 is 0 Å². The molecule has 0 atom stereocenters. The fraction of sp³-hybridized carbons (Fsp3) is 0.400. The average Bonchev–Trinajstić information content (AvgIpc) is 2.78. The minimum atomic E-state index is 0.568. The van der Waals surface area contributed by atoms with Gasteiger partial charge in [-0.05, 0) is 25.3 Å². The predicted octanol–water partition coefficient (Wildman–Crippen LogP) is 3.92. The van der Waals surface area contributed by atoms with Crippen LogP contribution in [0.4, 0.5) is 0 Å². The Morgan fingerprint density at radius 2 is 1.94 bits per heavy atom. The molecule has 18 heavy (non-hydrogen) atoms. The lowest BCUT2D eigenvalue weighted by Gasteiger charge is -2.03. The Balaban J connectivity index is 2.22. The molecule has 0 amide bonds. The van der Waals surface area contributed by atoms with E-state index in [0.717, 1.165) is 17.1 Å². The molecule has 0 fully saturated rings. The van der Waals surface area contributed by atoms with E-state index in [-0.39, 0.29) is 0 Å². The summed E-state index contributed by atoms with van der Waals surface area (Å²) in [6, 6.07) is 8.75. The molecule has 1 aromatic carbocycles. The van der Waals surface area contributed by atoms with Gasteiger partial charge in [0.05, 0.1) is 10.7 Å². The van der Waals surface area contributed by atoms with Gasteiger partial charge in [0, 0.05) is 17.0 Å². The highest BCUT2D eigenvalue weighted by atomic mass is 32.1. The van der Waals surface area contributed by atoms with E-state index in [1.54, 1.807) is 11.3 Å². The van der Waals surface area contributed by atoms with Crippen LogP contribution in [0.2, 0.25) is 0 Å². The van der Waals surface area contributed by atoms with Crippen LogP contribution in [0.1, 0.15) is 35.2 Å². The topological polar surface area (TPSA) is 38.9 Å². The van der Waals surface area contributed by atoms with Crippen molar-refractivity contribution in [1.29, 1.82) is 0 Å². The van der Waals surface area contributed by atoms with Gasteiger partial charge in [-0.15, -0.1) is 11.3 Å². The van der Waals surface area contributed by atoms with Crippen LogP contribution in [-0.4, -0.2) is 4.98 Å². The van der Waals surface area contributed by atoms with E-state index < -0.39 is 0 Å². The molecule has 2 N–H and O–H groups in total. The normalized spacial score (nSPS) is 10.8. The SMILES string of the molecule is CCCCc1ccc(-c2nc(C)sc2CN)cc1. The predicted molar refractivity (Wildman–Crippen MR) is 78.8 cm³/mol. The first-order valence-electron chi connectivity index (χ1n) is 6.50. The molecule has 0 aliphatic carbocycles. The molecule has 2 rings (SSSR count). The van der Waals surface area contributed by atoms with E-state index in [2.05, 4.69) is 36.2 Å². The van der Waals surface area contributed by atoms with Crippen molar-refractivity contribution in [3.63, 3.8) is 0 Å². The summed E-state index contributed by atoms with van der Waals surface area (Å²) in [4.78, 5) is 5.76. The van der Waals surface area contributed by atoms with Gasteiger partial charge in [-0.25, -0.2) is 4.98 Å². The lowest BCUT2D eigenvalue weighted by atomic mass is 10.0. The molecule has 1 aromatic heterocycles. The molecule has 1 heterocycles. The summed E-state index contributed by atoms with van der Waals surface area (Å²) < 4.78 is 0. The first-order chi connectivity index (χ1) is 8.74. The molecule has 0 unspecified atom stereocenters. The molecule has 0 radical (unpaired) electrons. The average molecular weight is 260 g/mol. The number of aromatic nitrogens is 1. The van der Waals surface area contributed by atoms with Gasteiger partial charge in [0.2, 0.25) is 0 Å². The fourth-order valence-corrected chi connectivity index (χ4v) is 2.88. The maximum Gasteiger partial charge on any atom is 0.0905 e. The second-order valence-electron chi connectivity index (χ2n) is 4.51. The lowest BCUT2D eigenvalue weighted by molar-refractivity contribution is 0.795. The molecule has 0 saturated carbocycles. The van der Waals surface area contributed by atoms with Crippen molar-refractivity contribution in [3.05, 3.63) is 39.7 Å². The third-order valence-corrected chi connectivity index (χ3v) is 4.03. The van der Waals surface area contributed by atoms with Crippen LogP contribution in [0.25, 0.3) is 11.3 Å². The maximum atomic E-state index is 5.77. The summed E-state index contributed by atoms with van der Waals surface area (Å²) in [6.07, 6.45) is 3.66. The molecular weight excluding hydrogens is 240 g/mol. The van der Waals surface area contributed by atoms with Crippen molar-refractivity contribution in [2.45, 2.75) is 39.7 Å². The summed E-state index contributed by atoms with van der Waals surface area (Å²) in [7, 11) is 0. The molecule has 3 heteroatoms. The van der Waals surface area contributed by atoms with Gasteiger partial charge in [-0.1, -0.05) is 37.6 Å². The highest BCUT2D eigenvalue weighted by molar-refractivity contribution is 7.12. The number of nitrogens with two attached hydrogens (primary N) is 1. The Hall–Kier alpha value is -1.19. The van der Waals surface area contributed by atoms with Crippen LogP contribution in [0.3, 0.4) is 0 Å². The van der Waals surface area contributed by atoms with Crippen molar-refractivity contribution < 1.29 is 0 Å². The molecule has 0 bridgehead atoms. The van der Waals surface area contributed by atoms with Crippen molar-refractivity contribution in [2.75, 3.05) is 0 Å². The first-order valence-corrected chi connectivity index (χ1v) is 7.32. The Kier molecular flexibility index (Phi) is 4.50. The minimum Gasteiger partial charge on any atom is -0.326 e. The summed E-state index contributed by atoms with van der Waals surface area (Å²) in [5.74, 6) is 0. The molecule has 0 aliphatic rings. The van der Waals surface area contributed by atoms with Crippen LogP contribution in [0.5, 0.6) is 0 Å². The monoisotopic (exact) mass is 260 g/mol. The van der Waals surface area contributed by atoms with Gasteiger partial charge < -0.3 is 5.73 Å². The molecule has 0 spiro atoms. The van der Waals surface area contributed by atoms with E-state index in [1.807, 2.05) is 6.92 Å². The summed E-state index contributed by atoms with van der Waals surface area (Å²) >= 11 is 1.69. The smallest absolute Gasteiger partial charge is 0.0905 e. The summed E-state index contributed by atoms with van der Waals surface area (Å²) in [5.41, 5.74) is 9.41. The zero-order chi connectivity index (χ0) is 13.0. The van der Waals surface area contributed by atoms with Crippen molar-refractivity contribution in [3.8, 4) is 11.3 Å². The largest absolute Gasteiger partial charge is 0.326 e. The number of nitrogens with zero attached hydrogens (tertiary/aromatic N) is 1. The molecule has 2 aromatic rings.